The molecule has 3 aromatic carbocycles. The van der Waals surface area contributed by atoms with Crippen LogP contribution in [-0.4, -0.2) is 43.1 Å². The highest BCUT2D eigenvalue weighted by Gasteiger charge is 2.56. The first-order chi connectivity index (χ1) is 18.6. The summed E-state index contributed by atoms with van der Waals surface area (Å²) in [5, 5.41) is 0. The van der Waals surface area contributed by atoms with Crippen LogP contribution in [0, 0.1) is 0 Å². The molecule has 0 aromatic heterocycles. The molecule has 1 saturated heterocycles. The minimum absolute atomic E-state index is 0.00646. The Morgan fingerprint density at radius 1 is 0.816 bits per heavy atom. The third-order valence-electron chi connectivity index (χ3n) is 6.42. The van der Waals surface area contributed by atoms with Crippen molar-refractivity contribution in [3.63, 3.8) is 0 Å². The fraction of sp³-hybridized carbons (Fsp3) is 0.344. The number of rotatable bonds is 13. The van der Waals surface area contributed by atoms with Crippen molar-refractivity contribution in [1.29, 1.82) is 0 Å². The summed E-state index contributed by atoms with van der Waals surface area (Å²) in [7, 11) is 0. The maximum absolute atomic E-state index is 11.8. The summed E-state index contributed by atoms with van der Waals surface area (Å²) in [6, 6.07) is 29.9. The van der Waals surface area contributed by atoms with E-state index in [0.717, 1.165) is 16.7 Å². The van der Waals surface area contributed by atoms with Crippen molar-refractivity contribution < 1.29 is 28.5 Å². The van der Waals surface area contributed by atoms with E-state index in [1.54, 1.807) is 0 Å². The van der Waals surface area contributed by atoms with E-state index in [1.807, 2.05) is 110 Å². The lowest BCUT2D eigenvalue weighted by atomic mass is 9.94. The smallest absolute Gasteiger partial charge is 0.302 e. The molecule has 0 amide bonds. The van der Waals surface area contributed by atoms with Gasteiger partial charge in [0.2, 0.25) is 0 Å². The summed E-state index contributed by atoms with van der Waals surface area (Å²) < 4.78 is 31.3. The Morgan fingerprint density at radius 3 is 1.87 bits per heavy atom. The van der Waals surface area contributed by atoms with Crippen LogP contribution >= 0.6 is 0 Å². The number of hydrogen-bond acceptors (Lipinski definition) is 6. The Kier molecular flexibility index (Phi) is 10.2. The molecule has 1 aliphatic rings. The van der Waals surface area contributed by atoms with E-state index in [1.165, 1.54) is 6.92 Å². The number of allylic oxidation sites excluding steroid dienone is 1. The topological polar surface area (TPSA) is 63.2 Å². The third kappa shape index (κ3) is 7.62. The average Bonchev–Trinajstić information content (AvgIpc) is 3.23. The lowest BCUT2D eigenvalue weighted by molar-refractivity contribution is -0.158. The Labute approximate surface area is 225 Å². The van der Waals surface area contributed by atoms with Gasteiger partial charge in [-0.3, -0.25) is 4.79 Å². The monoisotopic (exact) mass is 516 g/mol. The van der Waals surface area contributed by atoms with E-state index in [9.17, 15) is 4.79 Å². The largest absolute Gasteiger partial charge is 0.462 e. The second kappa shape index (κ2) is 14.0. The SMILES string of the molecule is C/C=C/[C@@]1(COC(C)=O)O[C@H](COCc2ccccc2)[C@@H](OCc2ccccc2)[C@@H]1OCc1ccccc1. The molecule has 1 heterocycles. The van der Waals surface area contributed by atoms with Gasteiger partial charge in [-0.15, -0.1) is 0 Å². The standard InChI is InChI=1S/C32H36O6/c1-3-19-32(24-37-25(2)33)31(36-22-28-17-11-6-12-18-28)30(35-21-27-15-9-5-10-16-27)29(38-32)23-34-20-26-13-7-4-8-14-26/h3-19,29-31H,20-24H2,1-2H3/b19-3+/t29-,30-,31+,32+/m1/s1. The Morgan fingerprint density at radius 2 is 1.34 bits per heavy atom. The van der Waals surface area contributed by atoms with Gasteiger partial charge in [-0.2, -0.15) is 0 Å². The number of benzene rings is 3. The molecule has 38 heavy (non-hydrogen) atoms. The van der Waals surface area contributed by atoms with Crippen molar-refractivity contribution in [1.82, 2.24) is 0 Å². The van der Waals surface area contributed by atoms with Crippen LogP contribution in [0.4, 0.5) is 0 Å². The molecule has 3 aromatic rings. The van der Waals surface area contributed by atoms with Gasteiger partial charge in [0.15, 0.2) is 0 Å². The number of carbonyl (C=O) groups excluding carboxylic acids is 1. The third-order valence-corrected chi connectivity index (χ3v) is 6.42. The molecule has 6 nitrogen and oxygen atoms in total. The summed E-state index contributed by atoms with van der Waals surface area (Å²) in [6.45, 7) is 4.79. The highest BCUT2D eigenvalue weighted by Crippen LogP contribution is 2.38. The molecule has 0 unspecified atom stereocenters. The molecule has 1 fully saturated rings. The van der Waals surface area contributed by atoms with Crippen molar-refractivity contribution in [2.24, 2.45) is 0 Å². The van der Waals surface area contributed by atoms with Crippen molar-refractivity contribution in [2.45, 2.75) is 57.6 Å². The van der Waals surface area contributed by atoms with Crippen LogP contribution < -0.4 is 0 Å². The number of esters is 1. The Balaban J connectivity index is 1.59. The zero-order chi connectivity index (χ0) is 26.6. The van der Waals surface area contributed by atoms with Crippen molar-refractivity contribution >= 4 is 5.97 Å². The first-order valence-electron chi connectivity index (χ1n) is 13.0. The molecular formula is C32H36O6. The maximum atomic E-state index is 11.8. The maximum Gasteiger partial charge on any atom is 0.302 e. The quantitative estimate of drug-likeness (QED) is 0.216. The molecule has 4 atom stereocenters. The van der Waals surface area contributed by atoms with Crippen LogP contribution in [0.5, 0.6) is 0 Å². The molecule has 0 aliphatic carbocycles. The zero-order valence-corrected chi connectivity index (χ0v) is 22.0. The van der Waals surface area contributed by atoms with Crippen LogP contribution in [0.1, 0.15) is 30.5 Å². The average molecular weight is 517 g/mol. The van der Waals surface area contributed by atoms with Gasteiger partial charge in [-0.1, -0.05) is 103 Å². The van der Waals surface area contributed by atoms with Gasteiger partial charge in [0.25, 0.3) is 0 Å². The molecule has 0 radical (unpaired) electrons. The molecule has 1 aliphatic heterocycles. The van der Waals surface area contributed by atoms with Crippen LogP contribution in [0.2, 0.25) is 0 Å². The lowest BCUT2D eigenvalue weighted by Crippen LogP contribution is -2.48. The van der Waals surface area contributed by atoms with E-state index in [-0.39, 0.29) is 12.6 Å². The van der Waals surface area contributed by atoms with Gasteiger partial charge in [-0.25, -0.2) is 0 Å². The number of carbonyl (C=O) groups is 1. The van der Waals surface area contributed by atoms with Crippen LogP contribution in [0.3, 0.4) is 0 Å². The molecule has 0 spiro atoms. The van der Waals surface area contributed by atoms with Crippen LogP contribution in [0.25, 0.3) is 0 Å². The fourth-order valence-corrected chi connectivity index (χ4v) is 4.64. The van der Waals surface area contributed by atoms with Crippen molar-refractivity contribution in [3.8, 4) is 0 Å². The van der Waals surface area contributed by atoms with Gasteiger partial charge in [-0.05, 0) is 23.6 Å². The molecule has 200 valence electrons. The minimum atomic E-state index is -1.03. The Hall–Kier alpha value is -3.29. The van der Waals surface area contributed by atoms with E-state index >= 15 is 0 Å². The number of hydrogen-bond donors (Lipinski definition) is 0. The first-order valence-corrected chi connectivity index (χ1v) is 13.0. The van der Waals surface area contributed by atoms with Gasteiger partial charge >= 0.3 is 5.97 Å². The lowest BCUT2D eigenvalue weighted by Gasteiger charge is -2.32. The van der Waals surface area contributed by atoms with Gasteiger partial charge < -0.3 is 23.7 Å². The second-order valence-electron chi connectivity index (χ2n) is 9.37. The second-order valence-corrected chi connectivity index (χ2v) is 9.37. The minimum Gasteiger partial charge on any atom is -0.462 e. The first kappa shape index (κ1) is 27.7. The summed E-state index contributed by atoms with van der Waals surface area (Å²) in [5.41, 5.74) is 2.11. The molecular weight excluding hydrogens is 480 g/mol. The highest BCUT2D eigenvalue weighted by molar-refractivity contribution is 5.66. The summed E-state index contributed by atoms with van der Waals surface area (Å²) in [6.07, 6.45) is 2.33. The molecule has 4 rings (SSSR count). The van der Waals surface area contributed by atoms with Crippen molar-refractivity contribution in [2.75, 3.05) is 13.2 Å². The van der Waals surface area contributed by atoms with Crippen LogP contribution in [0.15, 0.2) is 103 Å². The van der Waals surface area contributed by atoms with Gasteiger partial charge in [0.1, 0.15) is 30.5 Å². The predicted octanol–water partition coefficient (Wildman–Crippen LogP) is 5.65. The number of ether oxygens (including phenoxy) is 5. The van der Waals surface area contributed by atoms with Crippen LogP contribution in [-0.2, 0) is 48.3 Å². The van der Waals surface area contributed by atoms with E-state index in [2.05, 4.69) is 0 Å². The highest BCUT2D eigenvalue weighted by atomic mass is 16.6. The summed E-state index contributed by atoms with van der Waals surface area (Å²) in [5.74, 6) is -0.384. The van der Waals surface area contributed by atoms with E-state index < -0.39 is 23.9 Å². The summed E-state index contributed by atoms with van der Waals surface area (Å²) >= 11 is 0. The molecule has 0 bridgehead atoms. The van der Waals surface area contributed by atoms with E-state index in [0.29, 0.717) is 26.4 Å². The van der Waals surface area contributed by atoms with Gasteiger partial charge in [0.05, 0.1) is 26.4 Å². The summed E-state index contributed by atoms with van der Waals surface area (Å²) in [4.78, 5) is 11.8. The fourth-order valence-electron chi connectivity index (χ4n) is 4.64. The normalized spacial score (nSPS) is 23.1. The molecule has 0 saturated carbocycles. The predicted molar refractivity (Wildman–Crippen MR) is 145 cm³/mol. The molecule has 0 N–H and O–H groups in total. The van der Waals surface area contributed by atoms with E-state index in [4.69, 9.17) is 23.7 Å². The molecule has 6 heteroatoms. The zero-order valence-electron chi connectivity index (χ0n) is 22.0. The Bertz CT molecular complexity index is 1130. The van der Waals surface area contributed by atoms with Gasteiger partial charge in [0, 0.05) is 6.92 Å². The van der Waals surface area contributed by atoms with Crippen molar-refractivity contribution in [3.05, 3.63) is 120 Å².